The smallest absolute Gasteiger partial charge is 0.336 e. The van der Waals surface area contributed by atoms with Crippen LogP contribution in [0.5, 0.6) is 0 Å². The summed E-state index contributed by atoms with van der Waals surface area (Å²) in [5.41, 5.74) is 2.90. The van der Waals surface area contributed by atoms with E-state index in [9.17, 15) is 14.4 Å². The number of aromatic nitrogens is 2. The van der Waals surface area contributed by atoms with Crippen molar-refractivity contribution in [2.45, 2.75) is 19.8 Å². The Bertz CT molecular complexity index is 1300. The lowest BCUT2D eigenvalue weighted by Crippen LogP contribution is -2.24. The topological polar surface area (TPSA) is 93.5 Å². The number of benzene rings is 1. The van der Waals surface area contributed by atoms with Crippen LogP contribution in [0.15, 0.2) is 54.5 Å². The Hall–Kier alpha value is -3.72. The van der Waals surface area contributed by atoms with Gasteiger partial charge in [0, 0.05) is 66.8 Å². The molecule has 1 aromatic carbocycles. The fourth-order valence-electron chi connectivity index (χ4n) is 3.75. The Morgan fingerprint density at radius 2 is 1.94 bits per heavy atom. The third-order valence-corrected chi connectivity index (χ3v) is 6.26. The number of amides is 2. The summed E-state index contributed by atoms with van der Waals surface area (Å²) in [5, 5.41) is 4.19. The van der Waals surface area contributed by atoms with E-state index in [0.717, 1.165) is 21.3 Å². The summed E-state index contributed by atoms with van der Waals surface area (Å²) >= 11 is 1.29. The fraction of sp³-hybridized carbons (Fsp3) is 0.217. The van der Waals surface area contributed by atoms with E-state index >= 15 is 0 Å². The molecule has 2 amide bonds. The lowest BCUT2D eigenvalue weighted by Gasteiger charge is -2.23. The van der Waals surface area contributed by atoms with E-state index in [4.69, 9.17) is 9.72 Å². The van der Waals surface area contributed by atoms with Gasteiger partial charge in [-0.1, -0.05) is 24.3 Å². The van der Waals surface area contributed by atoms with Crippen LogP contribution in [0.25, 0.3) is 22.2 Å². The third-order valence-electron chi connectivity index (χ3n) is 5.21. The number of nitrogens with one attached hydrogen (secondary N) is 1. The average molecular weight is 451 g/mol. The van der Waals surface area contributed by atoms with Gasteiger partial charge in [-0.05, 0) is 6.07 Å². The molecule has 0 spiro atoms. The van der Waals surface area contributed by atoms with Gasteiger partial charge in [-0.2, -0.15) is 0 Å². The van der Waals surface area contributed by atoms with E-state index in [0.29, 0.717) is 16.4 Å². The molecular weight excluding hydrogens is 428 g/mol. The number of nitrogens with zero attached hydrogens (tertiary/aromatic N) is 3. The molecule has 1 N–H and O–H groups in total. The van der Waals surface area contributed by atoms with Gasteiger partial charge in [-0.3, -0.25) is 14.5 Å². The summed E-state index contributed by atoms with van der Waals surface area (Å²) in [6.07, 6.45) is 6.87. The quantitative estimate of drug-likeness (QED) is 0.611. The van der Waals surface area contributed by atoms with Crippen molar-refractivity contribution in [1.29, 1.82) is 0 Å². The summed E-state index contributed by atoms with van der Waals surface area (Å²) < 4.78 is 7.00. The Kier molecular flexibility index (Phi) is 5.67. The molecule has 0 radical (unpaired) electrons. The Morgan fingerprint density at radius 1 is 1.19 bits per heavy atom. The molecule has 0 saturated heterocycles. The minimum absolute atomic E-state index is 0.224. The highest BCUT2D eigenvalue weighted by Gasteiger charge is 2.31. The van der Waals surface area contributed by atoms with Gasteiger partial charge in [0.15, 0.2) is 5.13 Å². The molecule has 2 aromatic heterocycles. The van der Waals surface area contributed by atoms with Crippen molar-refractivity contribution in [2.75, 3.05) is 12.4 Å². The maximum atomic E-state index is 12.6. The number of methoxy groups -OCH3 is 1. The van der Waals surface area contributed by atoms with E-state index in [1.54, 1.807) is 12.3 Å². The van der Waals surface area contributed by atoms with Gasteiger partial charge in [0.2, 0.25) is 11.8 Å². The second-order valence-corrected chi connectivity index (χ2v) is 8.44. The molecule has 0 saturated carbocycles. The van der Waals surface area contributed by atoms with Crippen LogP contribution in [-0.4, -0.2) is 39.3 Å². The molecule has 0 bridgehead atoms. The highest BCUT2D eigenvalue weighted by Crippen LogP contribution is 2.44. The summed E-state index contributed by atoms with van der Waals surface area (Å²) in [6, 6.07) is 7.95. The summed E-state index contributed by atoms with van der Waals surface area (Å²) in [5.74, 6) is -1.49. The average Bonchev–Trinajstić information content (AvgIpc) is 3.33. The lowest BCUT2D eigenvalue weighted by atomic mass is 9.93. The number of carbonyl (C=O) groups is 3. The first kappa shape index (κ1) is 21.5. The van der Waals surface area contributed by atoms with Gasteiger partial charge >= 0.3 is 5.97 Å². The zero-order chi connectivity index (χ0) is 23.0. The SMILES string of the molecule is COC(=O)C1=CN(C(C)=O)C=CC1c1sc(NC(C)=O)nc1-c1cn(C)c2ccccc12. The lowest BCUT2D eigenvalue weighted by molar-refractivity contribution is -0.136. The number of thiazole rings is 1. The van der Waals surface area contributed by atoms with Gasteiger partial charge in [0.25, 0.3) is 0 Å². The Morgan fingerprint density at radius 3 is 2.62 bits per heavy atom. The zero-order valence-corrected chi connectivity index (χ0v) is 18.9. The minimum atomic E-state index is -0.538. The molecule has 0 aliphatic carbocycles. The second-order valence-electron chi connectivity index (χ2n) is 7.41. The number of anilines is 1. The number of hydrogen-bond acceptors (Lipinski definition) is 6. The number of esters is 1. The molecule has 1 atom stereocenters. The summed E-state index contributed by atoms with van der Waals surface area (Å²) in [6.45, 7) is 2.84. The van der Waals surface area contributed by atoms with Gasteiger partial charge in [0.05, 0.1) is 18.4 Å². The molecule has 1 aliphatic rings. The maximum absolute atomic E-state index is 12.6. The normalized spacial score (nSPS) is 15.6. The van der Waals surface area contributed by atoms with Gasteiger partial charge in [-0.25, -0.2) is 9.78 Å². The number of hydrogen-bond donors (Lipinski definition) is 1. The number of rotatable bonds is 4. The Labute approximate surface area is 188 Å². The molecule has 4 rings (SSSR count). The molecule has 3 heterocycles. The highest BCUT2D eigenvalue weighted by molar-refractivity contribution is 7.16. The van der Waals surface area contributed by atoms with Gasteiger partial charge < -0.3 is 14.6 Å². The molecule has 8 nitrogen and oxygen atoms in total. The monoisotopic (exact) mass is 450 g/mol. The molecule has 164 valence electrons. The number of fused-ring (bicyclic) bond motifs is 1. The number of allylic oxidation sites excluding steroid dienone is 1. The van der Waals surface area contributed by atoms with Crippen molar-refractivity contribution in [3.63, 3.8) is 0 Å². The van der Waals surface area contributed by atoms with Crippen molar-refractivity contribution in [1.82, 2.24) is 14.5 Å². The van der Waals surface area contributed by atoms with E-state index < -0.39 is 11.9 Å². The van der Waals surface area contributed by atoms with E-state index in [2.05, 4.69) is 5.32 Å². The summed E-state index contributed by atoms with van der Waals surface area (Å²) in [7, 11) is 3.26. The van der Waals surface area contributed by atoms with Crippen LogP contribution in [-0.2, 0) is 26.2 Å². The van der Waals surface area contributed by atoms with Crippen LogP contribution in [0.3, 0.4) is 0 Å². The van der Waals surface area contributed by atoms with Crippen molar-refractivity contribution in [3.05, 3.63) is 59.4 Å². The van der Waals surface area contributed by atoms with Crippen LogP contribution in [0, 0.1) is 0 Å². The van der Waals surface area contributed by atoms with Crippen molar-refractivity contribution in [3.8, 4) is 11.3 Å². The predicted molar refractivity (Wildman–Crippen MR) is 123 cm³/mol. The standard InChI is InChI=1S/C23H22N4O4S/c1-13(28)24-23-25-20(17-11-26(3)19-8-6-5-7-15(17)19)21(32-23)16-9-10-27(14(2)29)12-18(16)22(30)31-4/h5-12,16H,1-4H3,(H,24,25,28). The van der Waals surface area contributed by atoms with E-state index in [1.807, 2.05) is 42.1 Å². The number of carbonyl (C=O) groups excluding carboxylic acids is 3. The van der Waals surface area contributed by atoms with E-state index in [1.165, 1.54) is 43.4 Å². The maximum Gasteiger partial charge on any atom is 0.336 e. The van der Waals surface area contributed by atoms with Crippen LogP contribution in [0.4, 0.5) is 5.13 Å². The molecular formula is C23H22N4O4S. The van der Waals surface area contributed by atoms with Crippen molar-refractivity contribution >= 4 is 45.2 Å². The van der Waals surface area contributed by atoms with Crippen LogP contribution >= 0.6 is 11.3 Å². The highest BCUT2D eigenvalue weighted by atomic mass is 32.1. The third kappa shape index (κ3) is 3.82. The molecule has 1 unspecified atom stereocenters. The van der Waals surface area contributed by atoms with E-state index in [-0.39, 0.29) is 11.8 Å². The molecule has 32 heavy (non-hydrogen) atoms. The molecule has 0 fully saturated rings. The summed E-state index contributed by atoms with van der Waals surface area (Å²) in [4.78, 5) is 43.0. The Balaban J connectivity index is 1.92. The number of para-hydroxylation sites is 1. The number of ether oxygens (including phenoxy) is 1. The first-order valence-electron chi connectivity index (χ1n) is 9.90. The fourth-order valence-corrected chi connectivity index (χ4v) is 4.87. The largest absolute Gasteiger partial charge is 0.466 e. The first-order chi connectivity index (χ1) is 15.3. The van der Waals surface area contributed by atoms with Crippen LogP contribution in [0.2, 0.25) is 0 Å². The molecule has 3 aromatic rings. The first-order valence-corrected chi connectivity index (χ1v) is 10.7. The second kappa shape index (κ2) is 8.43. The van der Waals surface area contributed by atoms with Gasteiger partial charge in [-0.15, -0.1) is 11.3 Å². The molecule has 9 heteroatoms. The van der Waals surface area contributed by atoms with Crippen LogP contribution < -0.4 is 5.32 Å². The minimum Gasteiger partial charge on any atom is -0.466 e. The molecule has 1 aliphatic heterocycles. The van der Waals surface area contributed by atoms with Gasteiger partial charge in [0.1, 0.15) is 0 Å². The predicted octanol–water partition coefficient (Wildman–Crippen LogP) is 3.78. The van der Waals surface area contributed by atoms with Crippen molar-refractivity contribution < 1.29 is 19.1 Å². The van der Waals surface area contributed by atoms with Crippen molar-refractivity contribution in [2.24, 2.45) is 7.05 Å². The zero-order valence-electron chi connectivity index (χ0n) is 18.1. The van der Waals surface area contributed by atoms with Crippen LogP contribution in [0.1, 0.15) is 24.6 Å². The number of aryl methyl sites for hydroxylation is 1.